The van der Waals surface area contributed by atoms with Crippen LogP contribution in [0.15, 0.2) is 36.5 Å². The normalized spacial score (nSPS) is 44.8. The zero-order valence-corrected chi connectivity index (χ0v) is 16.2. The van der Waals surface area contributed by atoms with Gasteiger partial charge in [-0.15, -0.1) is 0 Å². The van der Waals surface area contributed by atoms with Crippen LogP contribution >= 0.6 is 58.0 Å². The summed E-state index contributed by atoms with van der Waals surface area (Å²) in [6, 6.07) is 0. The van der Waals surface area contributed by atoms with Crippen molar-refractivity contribution in [2.45, 2.75) is 40.1 Å². The molecule has 0 saturated carbocycles. The van der Waals surface area contributed by atoms with Crippen molar-refractivity contribution in [1.82, 2.24) is 0 Å². The number of rotatable bonds is 0. The molecule has 0 amide bonds. The standard InChI is InChI=1S/C16H15Cl5O2/c1-12(16(19,20)21)5-7-14(8-6-12)15(17,18)13(2)4-3-10(22)9-11(13)23-14/h3-8,11H,9H2,1-2H3/t11-,12?,13-,14?/m0/s1. The van der Waals surface area contributed by atoms with E-state index in [1.165, 1.54) is 6.08 Å². The molecule has 0 bridgehead atoms. The van der Waals surface area contributed by atoms with Gasteiger partial charge in [-0.05, 0) is 25.2 Å². The minimum absolute atomic E-state index is 0.0106. The molecule has 0 aromatic carbocycles. The third-order valence-corrected chi connectivity index (χ3v) is 7.77. The third-order valence-electron chi connectivity index (χ3n) is 5.14. The van der Waals surface area contributed by atoms with E-state index in [2.05, 4.69) is 0 Å². The van der Waals surface area contributed by atoms with E-state index in [4.69, 9.17) is 62.7 Å². The molecular formula is C16H15Cl5O2. The zero-order chi connectivity index (χ0) is 17.3. The molecule has 1 aliphatic heterocycles. The molecule has 0 aromatic rings. The first-order valence-corrected chi connectivity index (χ1v) is 9.01. The number of ketones is 1. The lowest BCUT2D eigenvalue weighted by molar-refractivity contribution is -0.119. The second-order valence-corrected chi connectivity index (χ2v) is 10.3. The summed E-state index contributed by atoms with van der Waals surface area (Å²) >= 11 is 31.7. The largest absolute Gasteiger partial charge is 0.359 e. The molecule has 2 aliphatic carbocycles. The minimum atomic E-state index is -1.52. The van der Waals surface area contributed by atoms with Gasteiger partial charge in [0, 0.05) is 11.8 Å². The SMILES string of the molecule is CC1(C(Cl)(Cl)Cl)C=CC2(C=C1)O[C@H]1CC(=O)C=C[C@]1(C)C2(Cl)Cl. The second kappa shape index (κ2) is 5.16. The van der Waals surface area contributed by atoms with E-state index in [1.54, 1.807) is 37.3 Å². The molecule has 0 unspecified atom stereocenters. The van der Waals surface area contributed by atoms with Crippen molar-refractivity contribution in [3.05, 3.63) is 36.5 Å². The van der Waals surface area contributed by atoms with Crippen molar-refractivity contribution in [2.24, 2.45) is 10.8 Å². The van der Waals surface area contributed by atoms with Crippen molar-refractivity contribution in [1.29, 1.82) is 0 Å². The van der Waals surface area contributed by atoms with Crippen LogP contribution in [-0.2, 0) is 9.53 Å². The van der Waals surface area contributed by atoms with Crippen LogP contribution in [0.3, 0.4) is 0 Å². The van der Waals surface area contributed by atoms with Gasteiger partial charge in [0.1, 0.15) is 5.60 Å². The van der Waals surface area contributed by atoms with Gasteiger partial charge in [0.25, 0.3) is 0 Å². The van der Waals surface area contributed by atoms with Crippen molar-refractivity contribution in [3.8, 4) is 0 Å². The van der Waals surface area contributed by atoms with Crippen LogP contribution in [-0.4, -0.2) is 25.6 Å². The summed E-state index contributed by atoms with van der Waals surface area (Å²) in [5, 5.41) is 0. The maximum atomic E-state index is 11.7. The predicted octanol–water partition coefficient (Wildman–Crippen LogP) is 5.34. The monoisotopic (exact) mass is 414 g/mol. The summed E-state index contributed by atoms with van der Waals surface area (Å²) < 4.78 is 3.33. The van der Waals surface area contributed by atoms with Crippen molar-refractivity contribution < 1.29 is 9.53 Å². The zero-order valence-electron chi connectivity index (χ0n) is 12.5. The van der Waals surface area contributed by atoms with Gasteiger partial charge in [-0.25, -0.2) is 0 Å². The lowest BCUT2D eigenvalue weighted by atomic mass is 9.71. The van der Waals surface area contributed by atoms with Gasteiger partial charge in [-0.1, -0.05) is 83.2 Å². The number of fused-ring (bicyclic) bond motifs is 1. The summed E-state index contributed by atoms with van der Waals surface area (Å²) in [5.41, 5.74) is -2.59. The average molecular weight is 417 g/mol. The Labute approximate surface area is 160 Å². The molecule has 1 fully saturated rings. The maximum Gasteiger partial charge on any atom is 0.202 e. The lowest BCUT2D eigenvalue weighted by Gasteiger charge is -2.42. The highest BCUT2D eigenvalue weighted by molar-refractivity contribution is 6.68. The van der Waals surface area contributed by atoms with E-state index in [-0.39, 0.29) is 12.2 Å². The van der Waals surface area contributed by atoms with Crippen molar-refractivity contribution in [2.75, 3.05) is 0 Å². The topological polar surface area (TPSA) is 26.3 Å². The van der Waals surface area contributed by atoms with Crippen LogP contribution < -0.4 is 0 Å². The Morgan fingerprint density at radius 2 is 1.65 bits per heavy atom. The van der Waals surface area contributed by atoms with E-state index in [9.17, 15) is 4.79 Å². The molecule has 1 spiro atoms. The molecule has 2 nitrogen and oxygen atoms in total. The molecule has 23 heavy (non-hydrogen) atoms. The molecule has 1 saturated heterocycles. The van der Waals surface area contributed by atoms with E-state index in [0.717, 1.165) is 0 Å². The van der Waals surface area contributed by atoms with Crippen LogP contribution in [0.1, 0.15) is 20.3 Å². The smallest absolute Gasteiger partial charge is 0.202 e. The maximum absolute atomic E-state index is 11.7. The summed E-state index contributed by atoms with van der Waals surface area (Å²) in [6.07, 6.45) is 10.0. The highest BCUT2D eigenvalue weighted by atomic mass is 35.6. The molecule has 2 atom stereocenters. The van der Waals surface area contributed by atoms with E-state index in [0.29, 0.717) is 0 Å². The molecule has 0 aromatic heterocycles. The summed E-state index contributed by atoms with van der Waals surface area (Å²) in [6.45, 7) is 3.68. The molecule has 1 heterocycles. The first kappa shape index (κ1) is 18.1. The third kappa shape index (κ3) is 2.37. The Kier molecular flexibility index (Phi) is 4.06. The number of ether oxygens (including phenoxy) is 1. The van der Waals surface area contributed by atoms with Crippen LogP contribution in [0, 0.1) is 10.8 Å². The van der Waals surface area contributed by atoms with Gasteiger partial charge in [-0.2, -0.15) is 0 Å². The number of carbonyl (C=O) groups excluding carboxylic acids is 1. The highest BCUT2D eigenvalue weighted by Gasteiger charge is 2.69. The summed E-state index contributed by atoms with van der Waals surface area (Å²) in [7, 11) is 0. The molecule has 7 heteroatoms. The molecule has 0 radical (unpaired) electrons. The Morgan fingerprint density at radius 1 is 1.09 bits per heavy atom. The van der Waals surface area contributed by atoms with E-state index in [1.807, 2.05) is 6.92 Å². The van der Waals surface area contributed by atoms with E-state index < -0.39 is 30.7 Å². The van der Waals surface area contributed by atoms with Gasteiger partial charge < -0.3 is 4.74 Å². The Balaban J connectivity index is 2.04. The first-order valence-electron chi connectivity index (χ1n) is 7.12. The summed E-state index contributed by atoms with van der Waals surface area (Å²) in [4.78, 5) is 11.7. The highest BCUT2D eigenvalue weighted by Crippen LogP contribution is 2.64. The molecule has 126 valence electrons. The van der Waals surface area contributed by atoms with Crippen molar-refractivity contribution in [3.63, 3.8) is 0 Å². The number of hydrogen-bond donors (Lipinski definition) is 0. The molecule has 0 N–H and O–H groups in total. The quantitative estimate of drug-likeness (QED) is 0.394. The van der Waals surface area contributed by atoms with Gasteiger partial charge >= 0.3 is 0 Å². The van der Waals surface area contributed by atoms with Crippen LogP contribution in [0.2, 0.25) is 0 Å². The minimum Gasteiger partial charge on any atom is -0.359 e. The molecule has 3 rings (SSSR count). The molecule has 3 aliphatic rings. The average Bonchev–Trinajstić information content (AvgIpc) is 2.59. The number of alkyl halides is 5. The number of halogens is 5. The van der Waals surface area contributed by atoms with Gasteiger partial charge in [0.2, 0.25) is 3.79 Å². The molecular weight excluding hydrogens is 401 g/mol. The van der Waals surface area contributed by atoms with E-state index >= 15 is 0 Å². The van der Waals surface area contributed by atoms with Gasteiger partial charge in [-0.3, -0.25) is 4.79 Å². The lowest BCUT2D eigenvalue weighted by Crippen LogP contribution is -2.50. The fraction of sp³-hybridized carbons (Fsp3) is 0.562. The van der Waals surface area contributed by atoms with Gasteiger partial charge in [0.15, 0.2) is 10.1 Å². The van der Waals surface area contributed by atoms with Crippen LogP contribution in [0.4, 0.5) is 0 Å². The predicted molar refractivity (Wildman–Crippen MR) is 95.6 cm³/mol. The van der Waals surface area contributed by atoms with Crippen molar-refractivity contribution >= 4 is 63.8 Å². The van der Waals surface area contributed by atoms with Crippen LogP contribution in [0.25, 0.3) is 0 Å². The van der Waals surface area contributed by atoms with Gasteiger partial charge in [0.05, 0.1) is 11.5 Å². The fourth-order valence-corrected chi connectivity index (χ4v) is 4.31. The number of carbonyl (C=O) groups is 1. The first-order chi connectivity index (χ1) is 10.4. The Morgan fingerprint density at radius 3 is 2.17 bits per heavy atom. The second-order valence-electron chi connectivity index (χ2n) is 6.71. The number of allylic oxidation sites excluding steroid dienone is 3. The number of hydrogen-bond acceptors (Lipinski definition) is 2. The summed E-state index contributed by atoms with van der Waals surface area (Å²) in [5.74, 6) is -0.0106. The fourth-order valence-electron chi connectivity index (χ4n) is 3.22. The Hall–Kier alpha value is 0.300. The van der Waals surface area contributed by atoms with Crippen LogP contribution in [0.5, 0.6) is 0 Å². The Bertz CT molecular complexity index is 629.